The molecule has 98 valence electrons. The van der Waals surface area contributed by atoms with E-state index >= 15 is 0 Å². The molecule has 6 nitrogen and oxygen atoms in total. The number of carbonyl (C=O) groups excluding carboxylic acids is 2. The molecule has 0 aliphatic rings. The number of ether oxygens (including phenoxy) is 1. The first-order valence-corrected chi connectivity index (χ1v) is 5.45. The predicted molar refractivity (Wildman–Crippen MR) is 67.6 cm³/mol. The molecule has 0 aliphatic heterocycles. The van der Waals surface area contributed by atoms with Crippen LogP contribution in [0.5, 0.6) is 0 Å². The van der Waals surface area contributed by atoms with Crippen molar-refractivity contribution in [2.75, 3.05) is 12.4 Å². The third-order valence-electron chi connectivity index (χ3n) is 2.29. The second-order valence-corrected chi connectivity index (χ2v) is 3.90. The van der Waals surface area contributed by atoms with Crippen LogP contribution in [0, 0.1) is 0 Å². The molecule has 0 aromatic heterocycles. The molecule has 0 spiro atoms. The molecule has 1 aromatic carbocycles. The normalized spacial score (nSPS) is 11.9. The number of primary amides is 1. The van der Waals surface area contributed by atoms with Crippen LogP contribution in [0.3, 0.4) is 0 Å². The number of methoxy groups -OCH3 is 1. The van der Waals surface area contributed by atoms with Crippen molar-refractivity contribution in [3.63, 3.8) is 0 Å². The molecule has 1 aromatic rings. The van der Waals surface area contributed by atoms with E-state index in [1.807, 2.05) is 12.1 Å². The Morgan fingerprint density at radius 2 is 1.94 bits per heavy atom. The van der Waals surface area contributed by atoms with Crippen LogP contribution in [0.4, 0.5) is 5.69 Å². The molecule has 0 heterocycles. The number of carbonyl (C=O) groups is 2. The fourth-order valence-electron chi connectivity index (χ4n) is 1.40. The summed E-state index contributed by atoms with van der Waals surface area (Å²) in [4.78, 5) is 22.2. The molecule has 0 saturated heterocycles. The van der Waals surface area contributed by atoms with Crippen molar-refractivity contribution < 1.29 is 14.3 Å². The van der Waals surface area contributed by atoms with E-state index in [4.69, 9.17) is 16.2 Å². The molecule has 5 N–H and O–H groups in total. The average molecular weight is 251 g/mol. The van der Waals surface area contributed by atoms with Gasteiger partial charge in [-0.1, -0.05) is 12.1 Å². The van der Waals surface area contributed by atoms with Crippen molar-refractivity contribution >= 4 is 17.5 Å². The van der Waals surface area contributed by atoms with Crippen LogP contribution in [-0.4, -0.2) is 25.0 Å². The van der Waals surface area contributed by atoms with Crippen LogP contribution in [0.15, 0.2) is 24.3 Å². The van der Waals surface area contributed by atoms with Crippen molar-refractivity contribution in [2.45, 2.75) is 19.1 Å². The number of nitrogens with two attached hydrogens (primary N) is 2. The molecule has 0 bridgehead atoms. The van der Waals surface area contributed by atoms with Gasteiger partial charge in [0.2, 0.25) is 11.8 Å². The summed E-state index contributed by atoms with van der Waals surface area (Å²) in [5.74, 6) is -1.04. The van der Waals surface area contributed by atoms with Gasteiger partial charge in [0.05, 0.1) is 19.1 Å². The average Bonchev–Trinajstić information content (AvgIpc) is 2.31. The zero-order chi connectivity index (χ0) is 13.5. The summed E-state index contributed by atoms with van der Waals surface area (Å²) in [6.45, 7) is 0.509. The molecule has 0 unspecified atom stereocenters. The van der Waals surface area contributed by atoms with Crippen molar-refractivity contribution in [3.05, 3.63) is 29.8 Å². The van der Waals surface area contributed by atoms with Crippen LogP contribution in [-0.2, 0) is 20.9 Å². The van der Waals surface area contributed by atoms with Gasteiger partial charge in [0.25, 0.3) is 0 Å². The second-order valence-electron chi connectivity index (χ2n) is 3.90. The van der Waals surface area contributed by atoms with E-state index < -0.39 is 17.9 Å². The minimum Gasteiger partial charge on any atom is -0.380 e. The predicted octanol–water partition coefficient (Wildman–Crippen LogP) is -0.0258. The third-order valence-corrected chi connectivity index (χ3v) is 2.29. The topological polar surface area (TPSA) is 107 Å². The number of benzene rings is 1. The number of nitrogens with one attached hydrogen (secondary N) is 1. The lowest BCUT2D eigenvalue weighted by Crippen LogP contribution is -2.38. The number of hydrogen-bond donors (Lipinski definition) is 3. The van der Waals surface area contributed by atoms with Gasteiger partial charge < -0.3 is 21.5 Å². The van der Waals surface area contributed by atoms with E-state index in [2.05, 4.69) is 5.32 Å². The second kappa shape index (κ2) is 6.73. The summed E-state index contributed by atoms with van der Waals surface area (Å²) in [7, 11) is 1.61. The lowest BCUT2D eigenvalue weighted by molar-refractivity contribution is -0.123. The van der Waals surface area contributed by atoms with Crippen molar-refractivity contribution in [3.8, 4) is 0 Å². The van der Waals surface area contributed by atoms with Crippen molar-refractivity contribution in [2.24, 2.45) is 11.5 Å². The minimum atomic E-state index is -0.929. The van der Waals surface area contributed by atoms with E-state index in [9.17, 15) is 9.59 Å². The number of anilines is 1. The quantitative estimate of drug-likeness (QED) is 0.660. The first-order valence-electron chi connectivity index (χ1n) is 5.45. The zero-order valence-electron chi connectivity index (χ0n) is 10.2. The minimum absolute atomic E-state index is 0.173. The number of rotatable bonds is 6. The lowest BCUT2D eigenvalue weighted by Gasteiger charge is -2.10. The number of hydrogen-bond acceptors (Lipinski definition) is 4. The fraction of sp³-hybridized carbons (Fsp3) is 0.333. The van der Waals surface area contributed by atoms with Crippen LogP contribution < -0.4 is 16.8 Å². The van der Waals surface area contributed by atoms with E-state index in [1.165, 1.54) is 0 Å². The van der Waals surface area contributed by atoms with Gasteiger partial charge in [0.15, 0.2) is 0 Å². The van der Waals surface area contributed by atoms with Gasteiger partial charge in [-0.05, 0) is 17.7 Å². The van der Waals surface area contributed by atoms with Crippen LogP contribution in [0.2, 0.25) is 0 Å². The standard InChI is InChI=1S/C12H17N3O3/c1-18-7-8-2-4-9(5-3-8)15-12(17)10(13)6-11(14)16/h2-5,10H,6-7,13H2,1H3,(H2,14,16)(H,15,17)/t10-/m1/s1. The molecule has 0 fully saturated rings. The summed E-state index contributed by atoms with van der Waals surface area (Å²) in [6, 6.07) is 6.21. The molecule has 0 aliphatic carbocycles. The maximum absolute atomic E-state index is 11.6. The van der Waals surface area contributed by atoms with Crippen LogP contribution >= 0.6 is 0 Å². The summed E-state index contributed by atoms with van der Waals surface area (Å²) in [5, 5.41) is 2.60. The van der Waals surface area contributed by atoms with Crippen molar-refractivity contribution in [1.82, 2.24) is 0 Å². The van der Waals surface area contributed by atoms with Gasteiger partial charge >= 0.3 is 0 Å². The first kappa shape index (κ1) is 14.1. The Morgan fingerprint density at radius 1 is 1.33 bits per heavy atom. The van der Waals surface area contributed by atoms with Gasteiger partial charge in [-0.25, -0.2) is 0 Å². The number of amides is 2. The van der Waals surface area contributed by atoms with Crippen LogP contribution in [0.25, 0.3) is 0 Å². The zero-order valence-corrected chi connectivity index (χ0v) is 10.2. The maximum atomic E-state index is 11.6. The van der Waals surface area contributed by atoms with Gasteiger partial charge in [0.1, 0.15) is 0 Å². The molecule has 1 atom stereocenters. The lowest BCUT2D eigenvalue weighted by atomic mass is 10.2. The summed E-state index contributed by atoms with van der Waals surface area (Å²) >= 11 is 0. The summed E-state index contributed by atoms with van der Waals surface area (Å²) in [6.07, 6.45) is -0.173. The Balaban J connectivity index is 2.56. The highest BCUT2D eigenvalue weighted by Gasteiger charge is 2.15. The largest absolute Gasteiger partial charge is 0.380 e. The molecule has 0 saturated carbocycles. The first-order chi connectivity index (χ1) is 8.52. The monoisotopic (exact) mass is 251 g/mol. The third kappa shape index (κ3) is 4.52. The Labute approximate surface area is 105 Å². The van der Waals surface area contributed by atoms with E-state index in [0.717, 1.165) is 5.56 Å². The molecule has 0 radical (unpaired) electrons. The Morgan fingerprint density at radius 3 is 2.44 bits per heavy atom. The summed E-state index contributed by atoms with van der Waals surface area (Å²) in [5.41, 5.74) is 12.1. The Hall–Kier alpha value is -1.92. The van der Waals surface area contributed by atoms with Crippen LogP contribution in [0.1, 0.15) is 12.0 Å². The molecule has 1 rings (SSSR count). The van der Waals surface area contributed by atoms with Gasteiger partial charge in [-0.3, -0.25) is 9.59 Å². The fourth-order valence-corrected chi connectivity index (χ4v) is 1.40. The van der Waals surface area contributed by atoms with E-state index in [1.54, 1.807) is 19.2 Å². The highest BCUT2D eigenvalue weighted by Crippen LogP contribution is 2.10. The maximum Gasteiger partial charge on any atom is 0.241 e. The summed E-state index contributed by atoms with van der Waals surface area (Å²) < 4.78 is 4.97. The molecule has 2 amide bonds. The molecule has 6 heteroatoms. The van der Waals surface area contributed by atoms with Gasteiger partial charge in [-0.15, -0.1) is 0 Å². The Bertz CT molecular complexity index is 417. The SMILES string of the molecule is COCc1ccc(NC(=O)[C@H](N)CC(N)=O)cc1. The van der Waals surface area contributed by atoms with Crippen molar-refractivity contribution in [1.29, 1.82) is 0 Å². The molecule has 18 heavy (non-hydrogen) atoms. The van der Waals surface area contributed by atoms with Gasteiger partial charge in [-0.2, -0.15) is 0 Å². The molecular weight excluding hydrogens is 234 g/mol. The highest BCUT2D eigenvalue weighted by molar-refractivity contribution is 5.97. The smallest absolute Gasteiger partial charge is 0.241 e. The van der Waals surface area contributed by atoms with E-state index in [-0.39, 0.29) is 6.42 Å². The molecular formula is C12H17N3O3. The highest BCUT2D eigenvalue weighted by atomic mass is 16.5. The Kier molecular flexibility index (Phi) is 5.29. The van der Waals surface area contributed by atoms with Gasteiger partial charge in [0, 0.05) is 12.8 Å². The van der Waals surface area contributed by atoms with E-state index in [0.29, 0.717) is 12.3 Å².